The minimum atomic E-state index is 0.687. The molecule has 1 rings (SSSR count). The molecule has 2 nitrogen and oxygen atoms in total. The molecule has 0 atom stereocenters. The Morgan fingerprint density at radius 2 is 2.57 bits per heavy atom. The van der Waals surface area contributed by atoms with Crippen molar-refractivity contribution in [2.45, 2.75) is 6.42 Å². The van der Waals surface area contributed by atoms with Crippen LogP contribution in [0.4, 0.5) is 0 Å². The van der Waals surface area contributed by atoms with Gasteiger partial charge in [0.2, 0.25) is 0 Å². The Balaban J connectivity index is 2.69. The third-order valence-electron chi connectivity index (χ3n) is 0.730. The number of amidine groups is 1. The second-order valence-electron chi connectivity index (χ2n) is 1.33. The van der Waals surface area contributed by atoms with E-state index in [1.54, 1.807) is 0 Å². The molecule has 0 aliphatic carbocycles. The number of nitrogens with two attached hydrogens (primary N) is 1. The Labute approximate surface area is 50.2 Å². The van der Waals surface area contributed by atoms with E-state index in [9.17, 15) is 0 Å². The third-order valence-corrected chi connectivity index (χ3v) is 1.23. The molecule has 0 bridgehead atoms. The Morgan fingerprint density at radius 1 is 1.86 bits per heavy atom. The largest absolute Gasteiger partial charge is 0.387 e. The first-order chi connectivity index (χ1) is 3.29. The first-order valence-corrected chi connectivity index (χ1v) is 2.77. The van der Waals surface area contributed by atoms with Gasteiger partial charge in [0.05, 0.1) is 0 Å². The van der Waals surface area contributed by atoms with Crippen molar-refractivity contribution < 1.29 is 0 Å². The van der Waals surface area contributed by atoms with Gasteiger partial charge >= 0.3 is 0 Å². The fourth-order valence-electron chi connectivity index (χ4n) is 0.417. The highest BCUT2D eigenvalue weighted by Crippen LogP contribution is 2.12. The molecule has 0 saturated carbocycles. The SMILES string of the molecule is NC1=NC(Br)=CC1. The minimum absolute atomic E-state index is 0.687. The van der Waals surface area contributed by atoms with E-state index < -0.39 is 0 Å². The van der Waals surface area contributed by atoms with E-state index in [2.05, 4.69) is 20.9 Å². The zero-order valence-corrected chi connectivity index (χ0v) is 5.27. The Hall–Kier alpha value is -0.310. The highest BCUT2D eigenvalue weighted by Gasteiger charge is 1.98. The monoisotopic (exact) mass is 160 g/mol. The minimum Gasteiger partial charge on any atom is -0.387 e. The zero-order chi connectivity index (χ0) is 5.28. The first-order valence-electron chi connectivity index (χ1n) is 1.98. The molecule has 2 N–H and O–H groups in total. The van der Waals surface area contributed by atoms with Gasteiger partial charge in [-0.15, -0.1) is 0 Å². The molecule has 7 heavy (non-hydrogen) atoms. The maximum Gasteiger partial charge on any atom is 0.104 e. The first kappa shape index (κ1) is 4.84. The Kier molecular flexibility index (Phi) is 1.15. The fraction of sp³-hybridized carbons (Fsp3) is 0.250. The summed E-state index contributed by atoms with van der Waals surface area (Å²) in [7, 11) is 0. The van der Waals surface area contributed by atoms with Gasteiger partial charge in [0.15, 0.2) is 0 Å². The van der Waals surface area contributed by atoms with Crippen molar-refractivity contribution in [2.75, 3.05) is 0 Å². The van der Waals surface area contributed by atoms with Crippen molar-refractivity contribution in [1.82, 2.24) is 0 Å². The standard InChI is InChI=1S/C4H5BrN2/c5-3-1-2-4(6)7-3/h1H,2H2,(H2,6,7). The molecule has 1 aliphatic rings. The van der Waals surface area contributed by atoms with Gasteiger partial charge in [-0.3, -0.25) is 0 Å². The van der Waals surface area contributed by atoms with Crippen LogP contribution in [0.15, 0.2) is 15.7 Å². The highest BCUT2D eigenvalue weighted by atomic mass is 79.9. The van der Waals surface area contributed by atoms with Crippen molar-refractivity contribution in [2.24, 2.45) is 10.7 Å². The van der Waals surface area contributed by atoms with Crippen molar-refractivity contribution in [3.63, 3.8) is 0 Å². The second kappa shape index (κ2) is 1.66. The quantitative estimate of drug-likeness (QED) is 0.528. The zero-order valence-electron chi connectivity index (χ0n) is 3.69. The molecule has 0 saturated heterocycles. The molecular formula is C4H5BrN2. The van der Waals surface area contributed by atoms with E-state index >= 15 is 0 Å². The average molecular weight is 161 g/mol. The van der Waals surface area contributed by atoms with E-state index in [1.807, 2.05) is 6.08 Å². The summed E-state index contributed by atoms with van der Waals surface area (Å²) < 4.78 is 0.852. The second-order valence-corrected chi connectivity index (χ2v) is 2.15. The van der Waals surface area contributed by atoms with Gasteiger partial charge in [0.1, 0.15) is 10.4 Å². The molecule has 0 amide bonds. The van der Waals surface area contributed by atoms with Gasteiger partial charge in [-0.1, -0.05) is 0 Å². The van der Waals surface area contributed by atoms with Crippen LogP contribution in [0.25, 0.3) is 0 Å². The lowest BCUT2D eigenvalue weighted by Crippen LogP contribution is -2.05. The molecule has 1 aliphatic heterocycles. The van der Waals surface area contributed by atoms with Crippen molar-refractivity contribution >= 4 is 21.8 Å². The van der Waals surface area contributed by atoms with Crippen molar-refractivity contribution in [1.29, 1.82) is 0 Å². The summed E-state index contributed by atoms with van der Waals surface area (Å²) >= 11 is 3.17. The van der Waals surface area contributed by atoms with E-state index in [0.29, 0.717) is 5.84 Å². The van der Waals surface area contributed by atoms with Gasteiger partial charge in [0, 0.05) is 6.42 Å². The summed E-state index contributed by atoms with van der Waals surface area (Å²) in [6.45, 7) is 0. The number of nitrogens with zero attached hydrogens (tertiary/aromatic N) is 1. The van der Waals surface area contributed by atoms with Crippen LogP contribution in [-0.4, -0.2) is 5.84 Å². The highest BCUT2D eigenvalue weighted by molar-refractivity contribution is 9.11. The van der Waals surface area contributed by atoms with Crippen molar-refractivity contribution in [3.05, 3.63) is 10.7 Å². The predicted molar refractivity (Wildman–Crippen MR) is 33.2 cm³/mol. The number of hydrogen-bond donors (Lipinski definition) is 1. The summed E-state index contributed by atoms with van der Waals surface area (Å²) in [5.41, 5.74) is 5.29. The topological polar surface area (TPSA) is 38.4 Å². The lowest BCUT2D eigenvalue weighted by atomic mass is 10.4. The molecule has 1 heterocycles. The molecule has 0 aromatic heterocycles. The molecule has 38 valence electrons. The molecule has 0 unspecified atom stereocenters. The van der Waals surface area contributed by atoms with Crippen LogP contribution in [-0.2, 0) is 0 Å². The molecule has 0 radical (unpaired) electrons. The van der Waals surface area contributed by atoms with E-state index in [1.165, 1.54) is 0 Å². The van der Waals surface area contributed by atoms with Crippen LogP contribution in [0, 0.1) is 0 Å². The summed E-state index contributed by atoms with van der Waals surface area (Å²) in [4.78, 5) is 3.86. The molecular weight excluding hydrogens is 156 g/mol. The van der Waals surface area contributed by atoms with Gasteiger partial charge < -0.3 is 5.73 Å². The van der Waals surface area contributed by atoms with E-state index in [4.69, 9.17) is 5.73 Å². The summed E-state index contributed by atoms with van der Waals surface area (Å²) in [6, 6.07) is 0. The Morgan fingerprint density at radius 3 is 2.71 bits per heavy atom. The van der Waals surface area contributed by atoms with Gasteiger partial charge in [-0.25, -0.2) is 4.99 Å². The fourth-order valence-corrected chi connectivity index (χ4v) is 0.807. The molecule has 0 aromatic rings. The van der Waals surface area contributed by atoms with Crippen LogP contribution in [0.1, 0.15) is 6.42 Å². The number of aliphatic imine (C=N–C) groups is 1. The number of halogens is 1. The lowest BCUT2D eigenvalue weighted by molar-refractivity contribution is 1.45. The maximum absolute atomic E-state index is 5.29. The number of rotatable bonds is 0. The normalized spacial score (nSPS) is 19.0. The van der Waals surface area contributed by atoms with Gasteiger partial charge in [-0.2, -0.15) is 0 Å². The lowest BCUT2D eigenvalue weighted by Gasteiger charge is -1.79. The van der Waals surface area contributed by atoms with Crippen LogP contribution in [0.3, 0.4) is 0 Å². The van der Waals surface area contributed by atoms with Gasteiger partial charge in [-0.05, 0) is 22.0 Å². The van der Waals surface area contributed by atoms with Gasteiger partial charge in [0.25, 0.3) is 0 Å². The van der Waals surface area contributed by atoms with Crippen LogP contribution in [0.2, 0.25) is 0 Å². The van der Waals surface area contributed by atoms with Crippen LogP contribution < -0.4 is 5.73 Å². The molecule has 0 aromatic carbocycles. The number of hydrogen-bond acceptors (Lipinski definition) is 2. The Bertz CT molecular complexity index is 137. The predicted octanol–water partition coefficient (Wildman–Crippen LogP) is 0.984. The maximum atomic E-state index is 5.29. The van der Waals surface area contributed by atoms with Crippen LogP contribution >= 0.6 is 15.9 Å². The van der Waals surface area contributed by atoms with E-state index in [0.717, 1.165) is 11.0 Å². The average Bonchev–Trinajstić information content (AvgIpc) is 1.87. The third kappa shape index (κ3) is 1.03. The summed E-state index contributed by atoms with van der Waals surface area (Å²) in [5.74, 6) is 0.687. The van der Waals surface area contributed by atoms with Crippen molar-refractivity contribution in [3.8, 4) is 0 Å². The smallest absolute Gasteiger partial charge is 0.104 e. The summed E-state index contributed by atoms with van der Waals surface area (Å²) in [6.07, 6.45) is 2.72. The molecule has 0 fully saturated rings. The summed E-state index contributed by atoms with van der Waals surface area (Å²) in [5, 5.41) is 0. The molecule has 3 heteroatoms. The van der Waals surface area contributed by atoms with E-state index in [-0.39, 0.29) is 0 Å². The molecule has 0 spiro atoms. The van der Waals surface area contributed by atoms with Crippen LogP contribution in [0.5, 0.6) is 0 Å².